The monoisotopic (exact) mass is 311 g/mol. The second-order valence-corrected chi connectivity index (χ2v) is 6.85. The minimum Gasteiger partial charge on any atom is -0.491 e. The molecule has 0 aliphatic rings. The van der Waals surface area contributed by atoms with Gasteiger partial charge in [0.15, 0.2) is 5.84 Å². The summed E-state index contributed by atoms with van der Waals surface area (Å²) in [6.07, 6.45) is 0. The Kier molecular flexibility index (Phi) is 6.36. The number of nitrogens with two attached hydrogens (primary N) is 1. The molecule has 0 unspecified atom stereocenters. The summed E-state index contributed by atoms with van der Waals surface area (Å²) in [6, 6.07) is 5.72. The Morgan fingerprint density at radius 3 is 2.62 bits per heavy atom. The van der Waals surface area contributed by atoms with Gasteiger partial charge in [-0.05, 0) is 45.8 Å². The summed E-state index contributed by atoms with van der Waals surface area (Å²) in [5.74, 6) is 1.61. The number of oxime groups is 1. The van der Waals surface area contributed by atoms with Gasteiger partial charge in [0.05, 0.1) is 5.56 Å². The summed E-state index contributed by atoms with van der Waals surface area (Å²) < 4.78 is 5.95. The van der Waals surface area contributed by atoms with Gasteiger partial charge in [0.2, 0.25) is 0 Å². The molecule has 5 nitrogen and oxygen atoms in total. The Labute approximate surface area is 131 Å². The highest BCUT2D eigenvalue weighted by molar-refractivity contribution is 7.99. The molecule has 0 saturated heterocycles. The molecule has 0 saturated carbocycles. The number of ether oxygens (including phenoxy) is 1. The summed E-state index contributed by atoms with van der Waals surface area (Å²) in [5, 5.41) is 12.1. The third-order valence-corrected chi connectivity index (χ3v) is 4.38. The molecule has 0 bridgehead atoms. The van der Waals surface area contributed by atoms with E-state index in [-0.39, 0.29) is 11.4 Å². The minimum atomic E-state index is -0.115. The lowest BCUT2D eigenvalue weighted by atomic mass is 10.1. The molecule has 0 amide bonds. The zero-order chi connectivity index (χ0) is 16.0. The van der Waals surface area contributed by atoms with Crippen LogP contribution in [0.5, 0.6) is 5.75 Å². The molecule has 1 aromatic carbocycles. The van der Waals surface area contributed by atoms with Crippen LogP contribution in [0.15, 0.2) is 28.3 Å². The molecule has 0 aliphatic carbocycles. The lowest BCUT2D eigenvalue weighted by Crippen LogP contribution is -2.43. The molecule has 0 heterocycles. The topological polar surface area (TPSA) is 71.1 Å². The first-order valence-corrected chi connectivity index (χ1v) is 7.86. The Morgan fingerprint density at radius 2 is 2.10 bits per heavy atom. The van der Waals surface area contributed by atoms with E-state index in [1.165, 1.54) is 0 Å². The van der Waals surface area contributed by atoms with E-state index < -0.39 is 0 Å². The fourth-order valence-electron chi connectivity index (χ4n) is 1.59. The van der Waals surface area contributed by atoms with Crippen molar-refractivity contribution >= 4 is 17.6 Å². The lowest BCUT2D eigenvalue weighted by molar-refractivity contribution is 0.113. The van der Waals surface area contributed by atoms with Crippen molar-refractivity contribution < 1.29 is 9.94 Å². The zero-order valence-electron chi connectivity index (χ0n) is 13.4. The standard InChI is InChI=1S/C15H25N3O2S/c1-6-21-12-9-7-8-11(13(12)14(16)17-19)20-10-15(2,3)18(4)5/h7-9,19H,6,10H2,1-5H3,(H2,16,17). The van der Waals surface area contributed by atoms with E-state index in [0.29, 0.717) is 17.9 Å². The largest absolute Gasteiger partial charge is 0.491 e. The third-order valence-electron chi connectivity index (χ3n) is 3.44. The van der Waals surface area contributed by atoms with Crippen molar-refractivity contribution in [3.63, 3.8) is 0 Å². The van der Waals surface area contributed by atoms with Crippen LogP contribution in [0.25, 0.3) is 0 Å². The molecule has 0 fully saturated rings. The molecule has 118 valence electrons. The highest BCUT2D eigenvalue weighted by atomic mass is 32.2. The van der Waals surface area contributed by atoms with E-state index in [2.05, 4.69) is 30.8 Å². The van der Waals surface area contributed by atoms with Gasteiger partial charge in [-0.15, -0.1) is 11.8 Å². The van der Waals surface area contributed by atoms with Crippen molar-refractivity contribution in [2.24, 2.45) is 10.9 Å². The van der Waals surface area contributed by atoms with Gasteiger partial charge < -0.3 is 20.6 Å². The fourth-order valence-corrected chi connectivity index (χ4v) is 2.43. The van der Waals surface area contributed by atoms with Gasteiger partial charge in [0.25, 0.3) is 0 Å². The first-order chi connectivity index (χ1) is 9.83. The SMILES string of the molecule is CCSc1cccc(OCC(C)(C)N(C)C)c1/C(N)=N/O. The van der Waals surface area contributed by atoms with Gasteiger partial charge in [-0.3, -0.25) is 0 Å². The van der Waals surface area contributed by atoms with Crippen LogP contribution in [0, 0.1) is 0 Å². The van der Waals surface area contributed by atoms with Crippen LogP contribution in [0.2, 0.25) is 0 Å². The molecular weight excluding hydrogens is 286 g/mol. The number of thioether (sulfide) groups is 1. The van der Waals surface area contributed by atoms with Crippen LogP contribution in [0.4, 0.5) is 0 Å². The van der Waals surface area contributed by atoms with E-state index >= 15 is 0 Å². The minimum absolute atomic E-state index is 0.0733. The summed E-state index contributed by atoms with van der Waals surface area (Å²) in [5.41, 5.74) is 6.36. The summed E-state index contributed by atoms with van der Waals surface area (Å²) >= 11 is 1.64. The van der Waals surface area contributed by atoms with Crippen molar-refractivity contribution in [1.29, 1.82) is 0 Å². The first-order valence-electron chi connectivity index (χ1n) is 6.87. The van der Waals surface area contributed by atoms with Gasteiger partial charge in [0, 0.05) is 10.4 Å². The van der Waals surface area contributed by atoms with Gasteiger partial charge in [-0.1, -0.05) is 18.1 Å². The van der Waals surface area contributed by atoms with Crippen LogP contribution < -0.4 is 10.5 Å². The number of rotatable bonds is 7. The van der Waals surface area contributed by atoms with Gasteiger partial charge >= 0.3 is 0 Å². The highest BCUT2D eigenvalue weighted by Gasteiger charge is 2.23. The predicted octanol–water partition coefficient (Wildman–Crippen LogP) is 2.61. The number of hydrogen-bond donors (Lipinski definition) is 2. The Bertz CT molecular complexity index is 502. The first kappa shape index (κ1) is 17.7. The van der Waals surface area contributed by atoms with Crippen LogP contribution in [0.1, 0.15) is 26.3 Å². The van der Waals surface area contributed by atoms with Crippen LogP contribution in [-0.2, 0) is 0 Å². The van der Waals surface area contributed by atoms with Gasteiger partial charge in [-0.25, -0.2) is 0 Å². The number of amidine groups is 1. The number of likely N-dealkylation sites (N-methyl/N-ethyl adjacent to an activating group) is 1. The second-order valence-electron chi connectivity index (χ2n) is 5.54. The fraction of sp³-hybridized carbons (Fsp3) is 0.533. The molecule has 0 atom stereocenters. The van der Waals surface area contributed by atoms with Crippen molar-refractivity contribution in [2.75, 3.05) is 26.5 Å². The maximum Gasteiger partial charge on any atom is 0.174 e. The van der Waals surface area contributed by atoms with E-state index in [4.69, 9.17) is 15.7 Å². The van der Waals surface area contributed by atoms with Crippen LogP contribution >= 0.6 is 11.8 Å². The second kappa shape index (κ2) is 7.56. The van der Waals surface area contributed by atoms with Crippen molar-refractivity contribution in [3.8, 4) is 5.75 Å². The van der Waals surface area contributed by atoms with Crippen molar-refractivity contribution in [2.45, 2.75) is 31.2 Å². The predicted molar refractivity (Wildman–Crippen MR) is 88.6 cm³/mol. The molecule has 3 N–H and O–H groups in total. The van der Waals surface area contributed by atoms with E-state index in [1.807, 2.05) is 32.3 Å². The van der Waals surface area contributed by atoms with E-state index in [9.17, 15) is 0 Å². The number of hydrogen-bond acceptors (Lipinski definition) is 5. The smallest absolute Gasteiger partial charge is 0.174 e. The summed E-state index contributed by atoms with van der Waals surface area (Å²) in [7, 11) is 4.02. The molecule has 1 rings (SSSR count). The van der Waals surface area contributed by atoms with E-state index in [0.717, 1.165) is 10.6 Å². The molecule has 0 aromatic heterocycles. The number of benzene rings is 1. The molecule has 0 radical (unpaired) electrons. The van der Waals surface area contributed by atoms with E-state index in [1.54, 1.807) is 11.8 Å². The molecule has 1 aromatic rings. The third kappa shape index (κ3) is 4.54. The van der Waals surface area contributed by atoms with Crippen LogP contribution in [-0.4, -0.2) is 47.9 Å². The van der Waals surface area contributed by atoms with Crippen LogP contribution in [0.3, 0.4) is 0 Å². The number of nitrogens with zero attached hydrogens (tertiary/aromatic N) is 2. The lowest BCUT2D eigenvalue weighted by Gasteiger charge is -2.32. The Balaban J connectivity index is 3.09. The van der Waals surface area contributed by atoms with Crippen molar-refractivity contribution in [1.82, 2.24) is 4.90 Å². The zero-order valence-corrected chi connectivity index (χ0v) is 14.2. The molecule has 0 aliphatic heterocycles. The Morgan fingerprint density at radius 1 is 1.43 bits per heavy atom. The van der Waals surface area contributed by atoms with Gasteiger partial charge in [-0.2, -0.15) is 0 Å². The average Bonchev–Trinajstić information content (AvgIpc) is 2.44. The normalized spacial score (nSPS) is 12.8. The quantitative estimate of drug-likeness (QED) is 0.266. The Hall–Kier alpha value is -1.40. The summed E-state index contributed by atoms with van der Waals surface area (Å²) in [6.45, 7) is 6.76. The molecule has 21 heavy (non-hydrogen) atoms. The van der Waals surface area contributed by atoms with Gasteiger partial charge in [0.1, 0.15) is 12.4 Å². The average molecular weight is 311 g/mol. The van der Waals surface area contributed by atoms with Crippen molar-refractivity contribution in [3.05, 3.63) is 23.8 Å². The molecular formula is C15H25N3O2S. The molecule has 6 heteroatoms. The maximum atomic E-state index is 9.01. The molecule has 0 spiro atoms. The highest BCUT2D eigenvalue weighted by Crippen LogP contribution is 2.30. The summed E-state index contributed by atoms with van der Waals surface area (Å²) in [4.78, 5) is 3.05. The maximum absolute atomic E-state index is 9.01.